The van der Waals surface area contributed by atoms with Crippen LogP contribution in [-0.2, 0) is 4.79 Å². The summed E-state index contributed by atoms with van der Waals surface area (Å²) < 4.78 is 0. The maximum absolute atomic E-state index is 12.8. The minimum atomic E-state index is 0. The molecule has 4 heteroatoms. The Hall–Kier alpha value is -0.280. The lowest BCUT2D eigenvalue weighted by molar-refractivity contribution is -0.140. The van der Waals surface area contributed by atoms with Gasteiger partial charge in [-0.3, -0.25) is 4.79 Å². The van der Waals surface area contributed by atoms with Gasteiger partial charge < -0.3 is 10.6 Å². The van der Waals surface area contributed by atoms with Crippen molar-refractivity contribution in [1.29, 1.82) is 0 Å². The average molecular weight is 315 g/mol. The van der Waals surface area contributed by atoms with Gasteiger partial charge in [0.1, 0.15) is 0 Å². The zero-order chi connectivity index (χ0) is 14.1. The molecule has 3 atom stereocenters. The molecule has 1 heterocycles. The van der Waals surface area contributed by atoms with Gasteiger partial charge in [0.2, 0.25) is 5.91 Å². The molecule has 3 fully saturated rings. The average Bonchev–Trinajstić information content (AvgIpc) is 2.46. The molecule has 0 aromatic heterocycles. The first-order valence-corrected chi connectivity index (χ1v) is 8.73. The molecule has 0 spiro atoms. The standard InChI is InChI=1S/C17H30N2O.ClH/c1-2-12-5-4-8-19(11-12)17(20)15-9-13-6-3-7-14(10-15)16(13)18;/h12-16H,2-11,18H2,1H3;1H. The Morgan fingerprint density at radius 3 is 2.43 bits per heavy atom. The Morgan fingerprint density at radius 2 is 1.81 bits per heavy atom. The Morgan fingerprint density at radius 1 is 1.14 bits per heavy atom. The van der Waals surface area contributed by atoms with Crippen molar-refractivity contribution in [3.05, 3.63) is 0 Å². The van der Waals surface area contributed by atoms with Crippen LogP contribution in [0.1, 0.15) is 58.3 Å². The Balaban J connectivity index is 0.00000161. The highest BCUT2D eigenvalue weighted by molar-refractivity contribution is 5.85. The fourth-order valence-electron chi connectivity index (χ4n) is 4.85. The SMILES string of the molecule is CCC1CCCN(C(=O)C2CC3CCCC(C2)C3N)C1.Cl. The van der Waals surface area contributed by atoms with Gasteiger partial charge in [-0.2, -0.15) is 0 Å². The van der Waals surface area contributed by atoms with E-state index in [0.717, 1.165) is 31.8 Å². The molecular formula is C17H31ClN2O. The highest BCUT2D eigenvalue weighted by Crippen LogP contribution is 2.42. The number of hydrogen-bond acceptors (Lipinski definition) is 2. The van der Waals surface area contributed by atoms with Crippen LogP contribution in [0.15, 0.2) is 0 Å². The van der Waals surface area contributed by atoms with Crippen LogP contribution in [0, 0.1) is 23.7 Å². The minimum Gasteiger partial charge on any atom is -0.342 e. The summed E-state index contributed by atoms with van der Waals surface area (Å²) in [5, 5.41) is 0. The fraction of sp³-hybridized carbons (Fsp3) is 0.941. The second-order valence-electron chi connectivity index (χ2n) is 7.40. The van der Waals surface area contributed by atoms with E-state index in [1.165, 1.54) is 38.5 Å². The quantitative estimate of drug-likeness (QED) is 0.850. The van der Waals surface area contributed by atoms with Gasteiger partial charge in [-0.05, 0) is 56.3 Å². The summed E-state index contributed by atoms with van der Waals surface area (Å²) in [5.41, 5.74) is 6.34. The van der Waals surface area contributed by atoms with E-state index in [9.17, 15) is 4.79 Å². The van der Waals surface area contributed by atoms with E-state index < -0.39 is 0 Å². The molecule has 3 rings (SSSR count). The number of hydrogen-bond donors (Lipinski definition) is 1. The van der Waals surface area contributed by atoms with Crippen molar-refractivity contribution in [3.63, 3.8) is 0 Å². The van der Waals surface area contributed by atoms with Crippen LogP contribution in [-0.4, -0.2) is 29.9 Å². The maximum atomic E-state index is 12.8. The second-order valence-corrected chi connectivity index (χ2v) is 7.40. The Kier molecular flexibility index (Phi) is 5.96. The van der Waals surface area contributed by atoms with Gasteiger partial charge in [-0.25, -0.2) is 0 Å². The van der Waals surface area contributed by atoms with Crippen LogP contribution in [0.25, 0.3) is 0 Å². The molecule has 0 radical (unpaired) electrons. The van der Waals surface area contributed by atoms with Crippen molar-refractivity contribution in [1.82, 2.24) is 4.90 Å². The molecular weight excluding hydrogens is 284 g/mol. The summed E-state index contributed by atoms with van der Waals surface area (Å²) in [7, 11) is 0. The lowest BCUT2D eigenvalue weighted by atomic mass is 9.65. The largest absolute Gasteiger partial charge is 0.342 e. The molecule has 1 amide bonds. The first-order chi connectivity index (χ1) is 9.69. The molecule has 3 unspecified atom stereocenters. The lowest BCUT2D eigenvalue weighted by Gasteiger charge is -2.45. The lowest BCUT2D eigenvalue weighted by Crippen LogP contribution is -2.51. The molecule has 21 heavy (non-hydrogen) atoms. The van der Waals surface area contributed by atoms with Gasteiger partial charge in [-0.1, -0.05) is 19.8 Å². The van der Waals surface area contributed by atoms with E-state index in [4.69, 9.17) is 5.73 Å². The molecule has 2 aliphatic carbocycles. The number of piperidine rings is 1. The molecule has 3 nitrogen and oxygen atoms in total. The predicted molar refractivity (Wildman–Crippen MR) is 88.4 cm³/mol. The summed E-state index contributed by atoms with van der Waals surface area (Å²) >= 11 is 0. The monoisotopic (exact) mass is 314 g/mol. The number of carbonyl (C=O) groups excluding carboxylic acids is 1. The minimum absolute atomic E-state index is 0. The van der Waals surface area contributed by atoms with E-state index in [-0.39, 0.29) is 18.3 Å². The van der Waals surface area contributed by atoms with Crippen LogP contribution >= 0.6 is 12.4 Å². The van der Waals surface area contributed by atoms with Gasteiger partial charge in [0, 0.05) is 25.0 Å². The van der Waals surface area contributed by atoms with Crippen LogP contribution in [0.3, 0.4) is 0 Å². The summed E-state index contributed by atoms with van der Waals surface area (Å²) in [6, 6.07) is 0.373. The first kappa shape index (κ1) is 17.1. The van der Waals surface area contributed by atoms with Gasteiger partial charge in [0.05, 0.1) is 0 Å². The Bertz CT molecular complexity index is 349. The maximum Gasteiger partial charge on any atom is 0.225 e. The van der Waals surface area contributed by atoms with Gasteiger partial charge >= 0.3 is 0 Å². The van der Waals surface area contributed by atoms with Gasteiger partial charge in [0.25, 0.3) is 0 Å². The highest BCUT2D eigenvalue weighted by atomic mass is 35.5. The molecule has 2 bridgehead atoms. The van der Waals surface area contributed by atoms with Crippen molar-refractivity contribution >= 4 is 18.3 Å². The van der Waals surface area contributed by atoms with E-state index in [2.05, 4.69) is 11.8 Å². The molecule has 122 valence electrons. The predicted octanol–water partition coefficient (Wildman–Crippen LogP) is 3.21. The smallest absolute Gasteiger partial charge is 0.225 e. The van der Waals surface area contributed by atoms with E-state index in [0.29, 0.717) is 23.8 Å². The third-order valence-electron chi connectivity index (χ3n) is 6.17. The molecule has 2 N–H and O–H groups in total. The summed E-state index contributed by atoms with van der Waals surface area (Å²) in [6.45, 7) is 4.25. The zero-order valence-corrected chi connectivity index (χ0v) is 14.1. The van der Waals surface area contributed by atoms with E-state index in [1.807, 2.05) is 0 Å². The fourth-order valence-corrected chi connectivity index (χ4v) is 4.85. The van der Waals surface area contributed by atoms with Gasteiger partial charge in [-0.15, -0.1) is 12.4 Å². The number of amides is 1. The summed E-state index contributed by atoms with van der Waals surface area (Å²) in [5.74, 6) is 2.69. The molecule has 1 aliphatic heterocycles. The third-order valence-corrected chi connectivity index (χ3v) is 6.17. The summed E-state index contributed by atoms with van der Waals surface area (Å²) in [6.07, 6.45) is 9.66. The first-order valence-electron chi connectivity index (χ1n) is 8.73. The van der Waals surface area contributed by atoms with E-state index >= 15 is 0 Å². The zero-order valence-electron chi connectivity index (χ0n) is 13.3. The molecule has 1 saturated heterocycles. The third kappa shape index (κ3) is 3.56. The molecule has 2 saturated carbocycles. The van der Waals surface area contributed by atoms with Crippen molar-refractivity contribution in [3.8, 4) is 0 Å². The summed E-state index contributed by atoms with van der Waals surface area (Å²) in [4.78, 5) is 15.0. The number of likely N-dealkylation sites (tertiary alicyclic amines) is 1. The highest BCUT2D eigenvalue weighted by Gasteiger charge is 2.41. The number of carbonyl (C=O) groups is 1. The normalized spacial score (nSPS) is 39.5. The molecule has 3 aliphatic rings. The molecule has 0 aromatic rings. The van der Waals surface area contributed by atoms with Crippen LogP contribution < -0.4 is 5.73 Å². The number of nitrogens with two attached hydrogens (primary N) is 1. The van der Waals surface area contributed by atoms with Crippen molar-refractivity contribution < 1.29 is 4.79 Å². The van der Waals surface area contributed by atoms with Crippen LogP contribution in [0.5, 0.6) is 0 Å². The number of rotatable bonds is 2. The van der Waals surface area contributed by atoms with Crippen LogP contribution in [0.4, 0.5) is 0 Å². The second kappa shape index (κ2) is 7.32. The number of nitrogens with zero attached hydrogens (tertiary/aromatic N) is 1. The van der Waals surface area contributed by atoms with Crippen LogP contribution in [0.2, 0.25) is 0 Å². The molecule has 0 aromatic carbocycles. The van der Waals surface area contributed by atoms with Gasteiger partial charge in [0.15, 0.2) is 0 Å². The van der Waals surface area contributed by atoms with Crippen molar-refractivity contribution in [2.75, 3.05) is 13.1 Å². The van der Waals surface area contributed by atoms with Crippen molar-refractivity contribution in [2.24, 2.45) is 29.4 Å². The topological polar surface area (TPSA) is 46.3 Å². The number of fused-ring (bicyclic) bond motifs is 2. The Labute approximate surface area is 135 Å². The number of halogens is 1. The van der Waals surface area contributed by atoms with E-state index in [1.54, 1.807) is 0 Å². The van der Waals surface area contributed by atoms with Crippen molar-refractivity contribution in [2.45, 2.75) is 64.3 Å².